The highest BCUT2D eigenvalue weighted by Gasteiger charge is 2.09. The third-order valence-electron chi connectivity index (χ3n) is 3.26. The normalized spacial score (nSPS) is 10.5. The van der Waals surface area contributed by atoms with Gasteiger partial charge in [0.1, 0.15) is 0 Å². The molecule has 0 heterocycles. The predicted octanol–water partition coefficient (Wildman–Crippen LogP) is 3.72. The molecule has 0 saturated heterocycles. The van der Waals surface area contributed by atoms with E-state index in [1.807, 2.05) is 31.2 Å². The van der Waals surface area contributed by atoms with Crippen LogP contribution in [0.1, 0.15) is 22.8 Å². The van der Waals surface area contributed by atoms with Crippen molar-refractivity contribution < 1.29 is 9.53 Å². The molecule has 2 aromatic carbocycles. The Balaban J connectivity index is 1.92. The maximum atomic E-state index is 12.3. The molecule has 0 spiro atoms. The van der Waals surface area contributed by atoms with Gasteiger partial charge in [-0.05, 0) is 36.8 Å². The molecule has 1 amide bonds. The third kappa shape index (κ3) is 5.67. The number of amides is 1. The minimum atomic E-state index is -0.211. The largest absolute Gasteiger partial charge is 0.380 e. The molecule has 0 saturated carbocycles. The van der Waals surface area contributed by atoms with Crippen molar-refractivity contribution >= 4 is 23.2 Å². The zero-order valence-corrected chi connectivity index (χ0v) is 13.9. The average molecular weight is 333 g/mol. The molecule has 122 valence electrons. The van der Waals surface area contributed by atoms with Gasteiger partial charge >= 0.3 is 0 Å². The topological polar surface area (TPSA) is 50.4 Å². The Bertz CT molecular complexity index is 646. The molecular weight excluding hydrogens is 312 g/mol. The van der Waals surface area contributed by atoms with E-state index in [9.17, 15) is 4.79 Å². The Morgan fingerprint density at radius 3 is 2.78 bits per heavy atom. The molecule has 0 fully saturated rings. The molecule has 0 radical (unpaired) electrons. The second-order valence-corrected chi connectivity index (χ2v) is 5.42. The molecule has 23 heavy (non-hydrogen) atoms. The first-order chi connectivity index (χ1) is 11.2. The number of hydrogen-bond donors (Lipinski definition) is 2. The van der Waals surface area contributed by atoms with Gasteiger partial charge in [0.05, 0.1) is 17.2 Å². The van der Waals surface area contributed by atoms with E-state index in [4.69, 9.17) is 16.3 Å². The van der Waals surface area contributed by atoms with Crippen molar-refractivity contribution in [2.45, 2.75) is 13.5 Å². The summed E-state index contributed by atoms with van der Waals surface area (Å²) in [5.74, 6) is -0.211. The van der Waals surface area contributed by atoms with E-state index >= 15 is 0 Å². The number of ether oxygens (including phenoxy) is 1. The van der Waals surface area contributed by atoms with Gasteiger partial charge in [0.25, 0.3) is 5.91 Å². The van der Waals surface area contributed by atoms with Crippen LogP contribution in [0.15, 0.2) is 48.5 Å². The van der Waals surface area contributed by atoms with Crippen LogP contribution in [0.3, 0.4) is 0 Å². The van der Waals surface area contributed by atoms with E-state index < -0.39 is 0 Å². The minimum absolute atomic E-state index is 0.211. The standard InChI is InChI=1S/C18H21ClN2O2/c1-2-23-11-10-20-13-14-6-5-7-15(12-14)21-18(22)16-8-3-4-9-17(16)19/h3-9,12,20H,2,10-11,13H2,1H3,(H,21,22). The van der Waals surface area contributed by atoms with E-state index in [-0.39, 0.29) is 5.91 Å². The highest BCUT2D eigenvalue weighted by molar-refractivity contribution is 6.34. The number of hydrogen-bond acceptors (Lipinski definition) is 3. The van der Waals surface area contributed by atoms with Crippen LogP contribution in [0.5, 0.6) is 0 Å². The maximum absolute atomic E-state index is 12.3. The number of rotatable bonds is 8. The van der Waals surface area contributed by atoms with Crippen LogP contribution in [0.25, 0.3) is 0 Å². The fourth-order valence-corrected chi connectivity index (χ4v) is 2.35. The monoisotopic (exact) mass is 332 g/mol. The van der Waals surface area contributed by atoms with Crippen LogP contribution in [0, 0.1) is 0 Å². The highest BCUT2D eigenvalue weighted by Crippen LogP contribution is 2.17. The van der Waals surface area contributed by atoms with Gasteiger partial charge < -0.3 is 15.4 Å². The molecular formula is C18H21ClN2O2. The van der Waals surface area contributed by atoms with Crippen molar-refractivity contribution in [1.29, 1.82) is 0 Å². The molecule has 4 nitrogen and oxygen atoms in total. The van der Waals surface area contributed by atoms with Crippen LogP contribution in [-0.2, 0) is 11.3 Å². The van der Waals surface area contributed by atoms with Crippen molar-refractivity contribution in [2.75, 3.05) is 25.1 Å². The molecule has 0 aromatic heterocycles. The second kappa shape index (κ2) is 9.30. The maximum Gasteiger partial charge on any atom is 0.257 e. The van der Waals surface area contributed by atoms with Crippen molar-refractivity contribution in [3.8, 4) is 0 Å². The van der Waals surface area contributed by atoms with Crippen LogP contribution in [-0.4, -0.2) is 25.7 Å². The Labute approximate surface area is 141 Å². The van der Waals surface area contributed by atoms with Gasteiger partial charge in [-0.3, -0.25) is 4.79 Å². The number of carbonyl (C=O) groups excluding carboxylic acids is 1. The number of carbonyl (C=O) groups is 1. The summed E-state index contributed by atoms with van der Waals surface area (Å²) < 4.78 is 5.28. The molecule has 0 aliphatic carbocycles. The zero-order valence-electron chi connectivity index (χ0n) is 13.1. The van der Waals surface area contributed by atoms with Gasteiger partial charge in [-0.1, -0.05) is 35.9 Å². The van der Waals surface area contributed by atoms with Crippen molar-refractivity contribution in [1.82, 2.24) is 5.32 Å². The van der Waals surface area contributed by atoms with Gasteiger partial charge in [0.15, 0.2) is 0 Å². The Morgan fingerprint density at radius 2 is 2.00 bits per heavy atom. The van der Waals surface area contributed by atoms with E-state index in [1.165, 1.54) is 0 Å². The molecule has 0 aliphatic heterocycles. The van der Waals surface area contributed by atoms with Crippen LogP contribution >= 0.6 is 11.6 Å². The first-order valence-electron chi connectivity index (χ1n) is 7.64. The fourth-order valence-electron chi connectivity index (χ4n) is 2.12. The first-order valence-corrected chi connectivity index (χ1v) is 8.01. The van der Waals surface area contributed by atoms with E-state index in [2.05, 4.69) is 10.6 Å². The molecule has 0 atom stereocenters. The van der Waals surface area contributed by atoms with Crippen LogP contribution in [0.2, 0.25) is 5.02 Å². The van der Waals surface area contributed by atoms with Crippen LogP contribution < -0.4 is 10.6 Å². The second-order valence-electron chi connectivity index (χ2n) is 5.01. The van der Waals surface area contributed by atoms with E-state index in [1.54, 1.807) is 24.3 Å². The molecule has 0 aliphatic rings. The lowest BCUT2D eigenvalue weighted by Crippen LogP contribution is -2.19. The Hall–Kier alpha value is -1.88. The molecule has 0 unspecified atom stereocenters. The summed E-state index contributed by atoms with van der Waals surface area (Å²) in [4.78, 5) is 12.3. The average Bonchev–Trinajstić information content (AvgIpc) is 2.55. The summed E-state index contributed by atoms with van der Waals surface area (Å²) in [7, 11) is 0. The number of benzene rings is 2. The molecule has 0 bridgehead atoms. The smallest absolute Gasteiger partial charge is 0.257 e. The summed E-state index contributed by atoms with van der Waals surface area (Å²) in [6.07, 6.45) is 0. The van der Waals surface area contributed by atoms with Gasteiger partial charge in [-0.25, -0.2) is 0 Å². The summed E-state index contributed by atoms with van der Waals surface area (Å²) >= 11 is 6.04. The fraction of sp³-hybridized carbons (Fsp3) is 0.278. The summed E-state index contributed by atoms with van der Waals surface area (Å²) in [6.45, 7) is 4.92. The lowest BCUT2D eigenvalue weighted by atomic mass is 10.1. The quantitative estimate of drug-likeness (QED) is 0.724. The van der Waals surface area contributed by atoms with Crippen molar-refractivity contribution in [3.63, 3.8) is 0 Å². The molecule has 2 aromatic rings. The van der Waals surface area contributed by atoms with E-state index in [0.29, 0.717) is 17.2 Å². The van der Waals surface area contributed by atoms with Gasteiger partial charge in [-0.15, -0.1) is 0 Å². The molecule has 2 rings (SSSR count). The van der Waals surface area contributed by atoms with Crippen molar-refractivity contribution in [2.24, 2.45) is 0 Å². The summed E-state index contributed by atoms with van der Waals surface area (Å²) in [5.41, 5.74) is 2.31. The predicted molar refractivity (Wildman–Crippen MR) is 94.0 cm³/mol. The Kier molecular flexibility index (Phi) is 7.07. The highest BCUT2D eigenvalue weighted by atomic mass is 35.5. The zero-order chi connectivity index (χ0) is 16.5. The molecule has 5 heteroatoms. The van der Waals surface area contributed by atoms with Gasteiger partial charge in [0, 0.05) is 25.4 Å². The van der Waals surface area contributed by atoms with Gasteiger partial charge in [-0.2, -0.15) is 0 Å². The first kappa shape index (κ1) is 17.5. The summed E-state index contributed by atoms with van der Waals surface area (Å²) in [5, 5.41) is 6.62. The van der Waals surface area contributed by atoms with Gasteiger partial charge in [0.2, 0.25) is 0 Å². The number of nitrogens with one attached hydrogen (secondary N) is 2. The lowest BCUT2D eigenvalue weighted by molar-refractivity contribution is 0.102. The lowest BCUT2D eigenvalue weighted by Gasteiger charge is -2.09. The minimum Gasteiger partial charge on any atom is -0.380 e. The van der Waals surface area contributed by atoms with Crippen molar-refractivity contribution in [3.05, 3.63) is 64.7 Å². The summed E-state index contributed by atoms with van der Waals surface area (Å²) in [6, 6.07) is 14.7. The SMILES string of the molecule is CCOCCNCc1cccc(NC(=O)c2ccccc2Cl)c1. The third-order valence-corrected chi connectivity index (χ3v) is 3.59. The van der Waals surface area contributed by atoms with Crippen LogP contribution in [0.4, 0.5) is 5.69 Å². The number of halogens is 1. The number of anilines is 1. The van der Waals surface area contributed by atoms with E-state index in [0.717, 1.165) is 30.9 Å². The molecule has 2 N–H and O–H groups in total. The Morgan fingerprint density at radius 1 is 1.17 bits per heavy atom.